The summed E-state index contributed by atoms with van der Waals surface area (Å²) in [5.74, 6) is -0.0859. The highest BCUT2D eigenvalue weighted by Crippen LogP contribution is 2.32. The predicted molar refractivity (Wildman–Crippen MR) is 79.5 cm³/mol. The van der Waals surface area contributed by atoms with E-state index in [4.69, 9.17) is 0 Å². The van der Waals surface area contributed by atoms with Gasteiger partial charge in [-0.25, -0.2) is 12.7 Å². The van der Waals surface area contributed by atoms with Crippen molar-refractivity contribution in [2.45, 2.75) is 43.9 Å². The zero-order valence-electron chi connectivity index (χ0n) is 12.1. The van der Waals surface area contributed by atoms with Crippen LogP contribution >= 0.6 is 0 Å². The third kappa shape index (κ3) is 2.98. The summed E-state index contributed by atoms with van der Waals surface area (Å²) in [7, 11) is -3.08. The average Bonchev–Trinajstić information content (AvgIpc) is 3.22. The van der Waals surface area contributed by atoms with Crippen LogP contribution in [-0.2, 0) is 10.0 Å². The first-order chi connectivity index (χ1) is 9.98. The molecule has 0 bridgehead atoms. The fourth-order valence-electron chi connectivity index (χ4n) is 2.79. The molecule has 1 saturated carbocycles. The normalized spacial score (nSPS) is 21.4. The van der Waals surface area contributed by atoms with Crippen LogP contribution in [0.4, 0.5) is 0 Å². The molecule has 0 unspecified atom stereocenters. The lowest BCUT2D eigenvalue weighted by atomic mass is 10.1. The van der Waals surface area contributed by atoms with E-state index in [1.807, 2.05) is 6.92 Å². The van der Waals surface area contributed by atoms with Crippen LogP contribution in [0, 0.1) is 6.92 Å². The summed E-state index contributed by atoms with van der Waals surface area (Å²) in [4.78, 5) is 15.1. The summed E-state index contributed by atoms with van der Waals surface area (Å²) in [5, 5.41) is 2.85. The van der Waals surface area contributed by atoms with Gasteiger partial charge in [-0.05, 0) is 38.7 Å². The van der Waals surface area contributed by atoms with Crippen LogP contribution in [0.25, 0.3) is 0 Å². The fourth-order valence-corrected chi connectivity index (χ4v) is 4.67. The molecule has 2 aliphatic rings. The van der Waals surface area contributed by atoms with E-state index in [0.717, 1.165) is 18.5 Å². The van der Waals surface area contributed by atoms with Crippen molar-refractivity contribution in [1.82, 2.24) is 14.6 Å². The number of hydrogen-bond donors (Lipinski definition) is 2. The summed E-state index contributed by atoms with van der Waals surface area (Å²) in [6, 6.07) is 1.81. The first-order valence-electron chi connectivity index (χ1n) is 7.42. The highest BCUT2D eigenvalue weighted by atomic mass is 32.2. The summed E-state index contributed by atoms with van der Waals surface area (Å²) >= 11 is 0. The first kappa shape index (κ1) is 14.6. The molecule has 1 amide bonds. The average molecular weight is 311 g/mol. The van der Waals surface area contributed by atoms with E-state index in [1.54, 1.807) is 16.6 Å². The van der Waals surface area contributed by atoms with Gasteiger partial charge in [0.05, 0.1) is 10.8 Å². The Morgan fingerprint density at radius 2 is 1.95 bits per heavy atom. The largest absolute Gasteiger partial charge is 0.365 e. The van der Waals surface area contributed by atoms with Gasteiger partial charge in [0.1, 0.15) is 0 Å². The lowest BCUT2D eigenvalue weighted by Gasteiger charge is -2.31. The van der Waals surface area contributed by atoms with E-state index in [1.165, 1.54) is 0 Å². The molecule has 0 aromatic carbocycles. The number of H-pyrrole nitrogens is 1. The molecule has 21 heavy (non-hydrogen) atoms. The summed E-state index contributed by atoms with van der Waals surface area (Å²) in [6.07, 6.45) is 4.70. The van der Waals surface area contributed by atoms with Crippen LogP contribution in [0.15, 0.2) is 12.3 Å². The lowest BCUT2D eigenvalue weighted by molar-refractivity contribution is 0.0923. The maximum absolute atomic E-state index is 12.1. The lowest BCUT2D eigenvalue weighted by Crippen LogP contribution is -2.47. The van der Waals surface area contributed by atoms with Crippen LogP contribution in [0.5, 0.6) is 0 Å². The van der Waals surface area contributed by atoms with Gasteiger partial charge in [-0.15, -0.1) is 0 Å². The number of hydrogen-bond acceptors (Lipinski definition) is 3. The number of aromatic amines is 1. The van der Waals surface area contributed by atoms with Gasteiger partial charge in [-0.2, -0.15) is 0 Å². The number of nitrogens with one attached hydrogen (secondary N) is 2. The minimum Gasteiger partial charge on any atom is -0.365 e. The molecule has 1 aliphatic carbocycles. The predicted octanol–water partition coefficient (Wildman–Crippen LogP) is 1.01. The monoisotopic (exact) mass is 311 g/mol. The minimum absolute atomic E-state index is 0.0532. The zero-order valence-corrected chi connectivity index (χ0v) is 12.9. The van der Waals surface area contributed by atoms with Crippen LogP contribution < -0.4 is 5.32 Å². The van der Waals surface area contributed by atoms with Gasteiger partial charge in [0, 0.05) is 31.0 Å². The molecule has 6 nitrogen and oxygen atoms in total. The van der Waals surface area contributed by atoms with Crippen LogP contribution in [0.1, 0.15) is 41.7 Å². The van der Waals surface area contributed by atoms with Crippen molar-refractivity contribution in [3.63, 3.8) is 0 Å². The van der Waals surface area contributed by atoms with Crippen molar-refractivity contribution < 1.29 is 13.2 Å². The molecule has 0 spiro atoms. The highest BCUT2D eigenvalue weighted by Gasteiger charge is 2.41. The van der Waals surface area contributed by atoms with Gasteiger partial charge in [0.2, 0.25) is 10.0 Å². The summed E-state index contributed by atoms with van der Waals surface area (Å²) in [5.41, 5.74) is 1.50. The van der Waals surface area contributed by atoms with Crippen molar-refractivity contribution in [2.75, 3.05) is 13.1 Å². The molecular formula is C14H21N3O3S. The third-order valence-corrected chi connectivity index (χ3v) is 6.69. The second-order valence-electron chi connectivity index (χ2n) is 5.91. The van der Waals surface area contributed by atoms with Gasteiger partial charge in [-0.1, -0.05) is 0 Å². The van der Waals surface area contributed by atoms with E-state index in [-0.39, 0.29) is 17.2 Å². The Labute approximate surface area is 125 Å². The van der Waals surface area contributed by atoms with Crippen molar-refractivity contribution in [1.29, 1.82) is 0 Å². The number of carbonyl (C=O) groups is 1. The zero-order chi connectivity index (χ0) is 15.0. The Morgan fingerprint density at radius 3 is 2.48 bits per heavy atom. The Hall–Kier alpha value is -1.34. The molecule has 2 N–H and O–H groups in total. The van der Waals surface area contributed by atoms with Gasteiger partial charge in [0.25, 0.3) is 5.91 Å². The maximum Gasteiger partial charge on any atom is 0.253 e. The van der Waals surface area contributed by atoms with Crippen molar-refractivity contribution in [3.8, 4) is 0 Å². The highest BCUT2D eigenvalue weighted by molar-refractivity contribution is 7.90. The SMILES string of the molecule is Cc1[nH]ccc1C(=O)NC1CCN(S(=O)(=O)C2CC2)CC1. The number of sulfonamides is 1. The molecule has 2 fully saturated rings. The molecule has 0 atom stereocenters. The Kier molecular flexibility index (Phi) is 3.79. The Balaban J connectivity index is 1.54. The van der Waals surface area contributed by atoms with Crippen LogP contribution in [-0.4, -0.2) is 48.0 Å². The third-order valence-electron chi connectivity index (χ3n) is 4.29. The molecule has 3 rings (SSSR count). The molecular weight excluding hydrogens is 290 g/mol. The van der Waals surface area contributed by atoms with E-state index in [9.17, 15) is 13.2 Å². The van der Waals surface area contributed by atoms with Crippen molar-refractivity contribution >= 4 is 15.9 Å². The number of carbonyl (C=O) groups excluding carboxylic acids is 1. The number of piperidine rings is 1. The number of nitrogens with zero attached hydrogens (tertiary/aromatic N) is 1. The number of amides is 1. The van der Waals surface area contributed by atoms with Crippen molar-refractivity contribution in [3.05, 3.63) is 23.5 Å². The van der Waals surface area contributed by atoms with E-state index >= 15 is 0 Å². The van der Waals surface area contributed by atoms with E-state index < -0.39 is 10.0 Å². The molecule has 1 saturated heterocycles. The van der Waals surface area contributed by atoms with E-state index in [2.05, 4.69) is 10.3 Å². The summed E-state index contributed by atoms with van der Waals surface area (Å²) in [6.45, 7) is 2.88. The fraction of sp³-hybridized carbons (Fsp3) is 0.643. The number of aromatic nitrogens is 1. The molecule has 1 aromatic rings. The quantitative estimate of drug-likeness (QED) is 0.870. The molecule has 1 aromatic heterocycles. The number of rotatable bonds is 4. The minimum atomic E-state index is -3.08. The van der Waals surface area contributed by atoms with Gasteiger partial charge in [-0.3, -0.25) is 4.79 Å². The van der Waals surface area contributed by atoms with E-state index in [0.29, 0.717) is 31.5 Å². The second-order valence-corrected chi connectivity index (χ2v) is 8.12. The maximum atomic E-state index is 12.1. The smallest absolute Gasteiger partial charge is 0.253 e. The molecule has 2 heterocycles. The van der Waals surface area contributed by atoms with Gasteiger partial charge >= 0.3 is 0 Å². The topological polar surface area (TPSA) is 82.3 Å². The Morgan fingerprint density at radius 1 is 1.29 bits per heavy atom. The van der Waals surface area contributed by atoms with Crippen LogP contribution in [0.3, 0.4) is 0 Å². The summed E-state index contributed by atoms with van der Waals surface area (Å²) < 4.78 is 25.9. The number of aryl methyl sites for hydroxylation is 1. The molecule has 0 radical (unpaired) electrons. The van der Waals surface area contributed by atoms with Gasteiger partial charge < -0.3 is 10.3 Å². The molecule has 7 heteroatoms. The van der Waals surface area contributed by atoms with Gasteiger partial charge in [0.15, 0.2) is 0 Å². The standard InChI is InChI=1S/C14H21N3O3S/c1-10-13(4-7-15-10)14(18)16-11-5-8-17(9-6-11)21(19,20)12-2-3-12/h4,7,11-12,15H,2-3,5-6,8-9H2,1H3,(H,16,18). The van der Waals surface area contributed by atoms with Crippen LogP contribution in [0.2, 0.25) is 0 Å². The molecule has 1 aliphatic heterocycles. The first-order valence-corrected chi connectivity index (χ1v) is 8.92. The van der Waals surface area contributed by atoms with Crippen molar-refractivity contribution in [2.24, 2.45) is 0 Å². The molecule has 116 valence electrons. The Bertz CT molecular complexity index is 626. The second kappa shape index (κ2) is 5.46.